The molecule has 0 radical (unpaired) electrons. The zero-order chi connectivity index (χ0) is 27.6. The van der Waals surface area contributed by atoms with Gasteiger partial charge in [0.2, 0.25) is 5.88 Å². The molecule has 12 heteroatoms. The number of aryl methyl sites for hydroxylation is 2. The fourth-order valence-corrected chi connectivity index (χ4v) is 7.36. The molecule has 3 aromatic heterocycles. The van der Waals surface area contributed by atoms with Gasteiger partial charge in [0.05, 0.1) is 11.3 Å². The van der Waals surface area contributed by atoms with Crippen molar-refractivity contribution < 1.29 is 17.9 Å². The number of nitrogens with zero attached hydrogens (tertiary/aromatic N) is 5. The van der Waals surface area contributed by atoms with E-state index < -0.39 is 15.9 Å². The monoisotopic (exact) mass is 574 g/mol. The highest BCUT2D eigenvalue weighted by Crippen LogP contribution is 2.37. The van der Waals surface area contributed by atoms with Gasteiger partial charge in [0.25, 0.3) is 15.9 Å². The van der Waals surface area contributed by atoms with Crippen molar-refractivity contribution in [1.82, 2.24) is 29.3 Å². The third kappa shape index (κ3) is 6.30. The van der Waals surface area contributed by atoms with Crippen LogP contribution in [0.1, 0.15) is 80.3 Å². The Bertz CT molecular complexity index is 1410. The molecule has 0 spiro atoms. The van der Waals surface area contributed by atoms with Crippen molar-refractivity contribution in [1.29, 1.82) is 0 Å². The molecule has 210 valence electrons. The Kier molecular flexibility index (Phi) is 8.27. The number of pyridine rings is 1. The van der Waals surface area contributed by atoms with Crippen molar-refractivity contribution in [3.8, 4) is 11.7 Å². The first-order valence-corrected chi connectivity index (χ1v) is 15.5. The van der Waals surface area contributed by atoms with E-state index in [4.69, 9.17) is 16.3 Å². The predicted octanol–water partition coefficient (Wildman–Crippen LogP) is 4.99. The van der Waals surface area contributed by atoms with E-state index in [1.54, 1.807) is 30.9 Å². The molecule has 0 aliphatic heterocycles. The highest BCUT2D eigenvalue weighted by molar-refractivity contribution is 7.90. The summed E-state index contributed by atoms with van der Waals surface area (Å²) in [6, 6.07) is 4.83. The summed E-state index contributed by atoms with van der Waals surface area (Å²) in [6.07, 6.45) is 15.7. The van der Waals surface area contributed by atoms with Gasteiger partial charge in [-0.15, -0.1) is 5.10 Å². The van der Waals surface area contributed by atoms with Crippen LogP contribution in [0, 0.1) is 18.8 Å². The van der Waals surface area contributed by atoms with Gasteiger partial charge < -0.3 is 4.74 Å². The zero-order valence-electron chi connectivity index (χ0n) is 22.3. The van der Waals surface area contributed by atoms with Gasteiger partial charge in [0.15, 0.2) is 5.82 Å². The van der Waals surface area contributed by atoms with Crippen molar-refractivity contribution in [2.45, 2.75) is 82.1 Å². The van der Waals surface area contributed by atoms with Crippen LogP contribution >= 0.6 is 11.6 Å². The molecule has 39 heavy (non-hydrogen) atoms. The lowest BCUT2D eigenvalue weighted by Crippen LogP contribution is -2.37. The number of aromatic nitrogens is 5. The summed E-state index contributed by atoms with van der Waals surface area (Å²) in [6.45, 7) is 1.55. The highest BCUT2D eigenvalue weighted by atomic mass is 35.5. The maximum Gasteiger partial charge on any atom is 0.268 e. The van der Waals surface area contributed by atoms with Crippen molar-refractivity contribution in [2.24, 2.45) is 18.9 Å². The number of carbonyl (C=O) groups is 1. The molecule has 0 saturated heterocycles. The summed E-state index contributed by atoms with van der Waals surface area (Å²) in [5, 5.41) is 8.49. The maximum atomic E-state index is 12.8. The number of rotatable bonds is 8. The van der Waals surface area contributed by atoms with E-state index in [1.165, 1.54) is 81.2 Å². The SMILES string of the molecule is Cc1nn(C)cc1S(=O)(=O)NC(=O)c1ccc(-n2ccc(OC(C3CCCCC3)C3CCCCC3)n2)nc1Cl. The van der Waals surface area contributed by atoms with Gasteiger partial charge in [-0.25, -0.2) is 22.8 Å². The molecule has 2 aliphatic rings. The Morgan fingerprint density at radius 3 is 2.23 bits per heavy atom. The van der Waals surface area contributed by atoms with Crippen LogP contribution in [0.15, 0.2) is 35.5 Å². The van der Waals surface area contributed by atoms with Crippen molar-refractivity contribution in [3.05, 3.63) is 47.0 Å². The number of hydrogen-bond donors (Lipinski definition) is 1. The second-order valence-electron chi connectivity index (χ2n) is 10.7. The summed E-state index contributed by atoms with van der Waals surface area (Å²) < 4.78 is 36.9. The molecular formula is C27H35ClN6O4S. The molecule has 2 saturated carbocycles. The molecule has 1 amide bonds. The van der Waals surface area contributed by atoms with Gasteiger partial charge in [-0.05, 0) is 56.6 Å². The van der Waals surface area contributed by atoms with E-state index in [9.17, 15) is 13.2 Å². The summed E-state index contributed by atoms with van der Waals surface area (Å²) in [5.41, 5.74) is 0.215. The smallest absolute Gasteiger partial charge is 0.268 e. The minimum atomic E-state index is -4.13. The van der Waals surface area contributed by atoms with E-state index in [0.29, 0.717) is 23.5 Å². The van der Waals surface area contributed by atoms with Gasteiger partial charge in [-0.3, -0.25) is 9.48 Å². The van der Waals surface area contributed by atoms with Crippen LogP contribution in [0.5, 0.6) is 5.88 Å². The molecule has 3 heterocycles. The Balaban J connectivity index is 1.30. The lowest BCUT2D eigenvalue weighted by molar-refractivity contribution is 0.0352. The van der Waals surface area contributed by atoms with Crippen LogP contribution < -0.4 is 9.46 Å². The fraction of sp³-hybridized carbons (Fsp3) is 0.556. The van der Waals surface area contributed by atoms with Gasteiger partial charge >= 0.3 is 0 Å². The van der Waals surface area contributed by atoms with E-state index in [0.717, 1.165) is 0 Å². The molecule has 0 bridgehead atoms. The largest absolute Gasteiger partial charge is 0.473 e. The Morgan fingerprint density at radius 1 is 1.03 bits per heavy atom. The van der Waals surface area contributed by atoms with Crippen LogP contribution in [0.4, 0.5) is 0 Å². The molecular weight excluding hydrogens is 540 g/mol. The molecule has 0 unspecified atom stereocenters. The average molecular weight is 575 g/mol. The fourth-order valence-electron chi connectivity index (χ4n) is 5.94. The lowest BCUT2D eigenvalue weighted by Gasteiger charge is -2.37. The van der Waals surface area contributed by atoms with Gasteiger partial charge in [0.1, 0.15) is 16.2 Å². The Labute approximate surface area is 234 Å². The summed E-state index contributed by atoms with van der Waals surface area (Å²) in [7, 11) is -2.52. The second-order valence-corrected chi connectivity index (χ2v) is 12.7. The minimum absolute atomic E-state index is 0.0659. The van der Waals surface area contributed by atoms with Crippen molar-refractivity contribution in [2.75, 3.05) is 0 Å². The molecule has 2 aliphatic carbocycles. The van der Waals surface area contributed by atoms with E-state index in [-0.39, 0.29) is 27.4 Å². The summed E-state index contributed by atoms with van der Waals surface area (Å²) in [5.74, 6) is 1.18. The molecule has 10 nitrogen and oxygen atoms in total. The lowest BCUT2D eigenvalue weighted by atomic mass is 9.75. The van der Waals surface area contributed by atoms with E-state index in [2.05, 4.69) is 15.2 Å². The first-order valence-electron chi connectivity index (χ1n) is 13.7. The van der Waals surface area contributed by atoms with E-state index >= 15 is 0 Å². The molecule has 3 aromatic rings. The van der Waals surface area contributed by atoms with Crippen LogP contribution in [0.3, 0.4) is 0 Å². The summed E-state index contributed by atoms with van der Waals surface area (Å²) >= 11 is 6.32. The number of amides is 1. The van der Waals surface area contributed by atoms with Crippen LogP contribution in [0.2, 0.25) is 5.15 Å². The Morgan fingerprint density at radius 2 is 1.67 bits per heavy atom. The predicted molar refractivity (Wildman–Crippen MR) is 147 cm³/mol. The number of sulfonamides is 1. The number of nitrogens with one attached hydrogen (secondary N) is 1. The van der Waals surface area contributed by atoms with Crippen LogP contribution in [-0.2, 0) is 17.1 Å². The Hall–Kier alpha value is -2.92. The van der Waals surface area contributed by atoms with Gasteiger partial charge in [-0.1, -0.05) is 50.1 Å². The van der Waals surface area contributed by atoms with E-state index in [1.807, 2.05) is 10.8 Å². The summed E-state index contributed by atoms with van der Waals surface area (Å²) in [4.78, 5) is 17.0. The first-order chi connectivity index (χ1) is 18.7. The van der Waals surface area contributed by atoms with Crippen LogP contribution in [-0.4, -0.2) is 45.0 Å². The van der Waals surface area contributed by atoms with Gasteiger partial charge in [0, 0.05) is 25.5 Å². The number of halogens is 1. The quantitative estimate of drug-likeness (QED) is 0.376. The normalized spacial score (nSPS) is 17.4. The maximum absolute atomic E-state index is 12.8. The minimum Gasteiger partial charge on any atom is -0.473 e. The number of ether oxygens (including phenoxy) is 1. The topological polar surface area (TPSA) is 121 Å². The second kappa shape index (κ2) is 11.7. The highest BCUT2D eigenvalue weighted by Gasteiger charge is 2.34. The zero-order valence-corrected chi connectivity index (χ0v) is 23.9. The van der Waals surface area contributed by atoms with Crippen molar-refractivity contribution >= 4 is 27.5 Å². The van der Waals surface area contributed by atoms with Crippen LogP contribution in [0.25, 0.3) is 5.82 Å². The van der Waals surface area contributed by atoms with Crippen molar-refractivity contribution in [3.63, 3.8) is 0 Å². The van der Waals surface area contributed by atoms with Gasteiger partial charge in [-0.2, -0.15) is 5.10 Å². The average Bonchev–Trinajstić information content (AvgIpc) is 3.54. The number of hydrogen-bond acceptors (Lipinski definition) is 7. The molecule has 2 fully saturated rings. The number of carbonyl (C=O) groups excluding carboxylic acids is 1. The standard InChI is InChI=1S/C27H35ClN6O4S/c1-18-22(17-33(2)30-18)39(36,37)32-27(35)21-13-14-23(29-26(21)28)34-16-15-24(31-34)38-25(19-9-5-3-6-10-19)20-11-7-4-8-12-20/h13-17,19-20,25H,3-12H2,1-2H3,(H,32,35). The molecule has 0 aromatic carbocycles. The third-order valence-electron chi connectivity index (χ3n) is 7.85. The molecule has 5 rings (SSSR count). The molecule has 1 N–H and O–H groups in total. The first kappa shape index (κ1) is 27.6. The third-order valence-corrected chi connectivity index (χ3v) is 9.57. The molecule has 0 atom stereocenters.